The van der Waals surface area contributed by atoms with Crippen molar-refractivity contribution >= 4 is 11.9 Å². The van der Waals surface area contributed by atoms with Crippen molar-refractivity contribution in [2.75, 3.05) is 13.1 Å². The number of amides is 3. The quantitative estimate of drug-likeness (QED) is 0.555. The van der Waals surface area contributed by atoms with Crippen LogP contribution >= 0.6 is 0 Å². The van der Waals surface area contributed by atoms with Crippen LogP contribution in [0.5, 0.6) is 0 Å². The van der Waals surface area contributed by atoms with E-state index in [9.17, 15) is 9.59 Å². The predicted molar refractivity (Wildman–Crippen MR) is 70.0 cm³/mol. The summed E-state index contributed by atoms with van der Waals surface area (Å²) in [6.45, 7) is 5.86. The highest BCUT2D eigenvalue weighted by molar-refractivity contribution is 5.86. The van der Waals surface area contributed by atoms with Gasteiger partial charge in [0.25, 0.3) is 0 Å². The van der Waals surface area contributed by atoms with E-state index in [-0.39, 0.29) is 11.9 Å². The van der Waals surface area contributed by atoms with Gasteiger partial charge in [0, 0.05) is 12.6 Å². The Morgan fingerprint density at radius 3 is 2.78 bits per heavy atom. The van der Waals surface area contributed by atoms with Gasteiger partial charge in [0.2, 0.25) is 5.91 Å². The Balaban J connectivity index is 2.51. The maximum absolute atomic E-state index is 12.1. The second-order valence-corrected chi connectivity index (χ2v) is 4.94. The molecule has 0 aliphatic carbocycles. The van der Waals surface area contributed by atoms with Crippen molar-refractivity contribution in [2.45, 2.75) is 45.2 Å². The van der Waals surface area contributed by atoms with Crippen LogP contribution in [0.25, 0.3) is 0 Å². The fourth-order valence-corrected chi connectivity index (χ4v) is 2.20. The number of carbonyl (C=O) groups is 2. The molecule has 1 aliphatic heterocycles. The molecule has 3 atom stereocenters. The van der Waals surface area contributed by atoms with Crippen LogP contribution in [0.4, 0.5) is 4.79 Å². The van der Waals surface area contributed by atoms with Crippen LogP contribution in [0, 0.1) is 5.92 Å². The van der Waals surface area contributed by atoms with E-state index >= 15 is 0 Å². The molecule has 5 N–H and O–H groups in total. The molecule has 0 bridgehead atoms. The van der Waals surface area contributed by atoms with E-state index in [1.807, 2.05) is 6.92 Å². The van der Waals surface area contributed by atoms with E-state index in [1.54, 1.807) is 0 Å². The first-order chi connectivity index (χ1) is 8.54. The summed E-state index contributed by atoms with van der Waals surface area (Å²) >= 11 is 0. The second kappa shape index (κ2) is 7.20. The van der Waals surface area contributed by atoms with Crippen LogP contribution in [0.3, 0.4) is 0 Å². The van der Waals surface area contributed by atoms with Crippen LogP contribution in [-0.2, 0) is 4.79 Å². The van der Waals surface area contributed by atoms with Crippen LogP contribution in [0.1, 0.15) is 33.1 Å². The molecule has 0 aromatic rings. The zero-order valence-electron chi connectivity index (χ0n) is 11.2. The van der Waals surface area contributed by atoms with Crippen molar-refractivity contribution in [3.8, 4) is 0 Å². The highest BCUT2D eigenvalue weighted by Crippen LogP contribution is 2.11. The summed E-state index contributed by atoms with van der Waals surface area (Å²) in [5.74, 6) is 0.308. The van der Waals surface area contributed by atoms with Gasteiger partial charge in [-0.3, -0.25) is 4.79 Å². The lowest BCUT2D eigenvalue weighted by atomic mass is 9.94. The molecular weight excluding hydrogens is 232 g/mol. The van der Waals surface area contributed by atoms with Gasteiger partial charge in [-0.05, 0) is 25.3 Å². The van der Waals surface area contributed by atoms with Gasteiger partial charge in [-0.2, -0.15) is 0 Å². The minimum Gasteiger partial charge on any atom is -0.352 e. The molecule has 1 fully saturated rings. The number of rotatable bonds is 5. The first kappa shape index (κ1) is 14.8. The Labute approximate surface area is 108 Å². The molecule has 0 aromatic heterocycles. The lowest BCUT2D eigenvalue weighted by Crippen LogP contribution is -2.56. The summed E-state index contributed by atoms with van der Waals surface area (Å²) < 4.78 is 0. The Kier molecular flexibility index (Phi) is 5.91. The van der Waals surface area contributed by atoms with E-state index in [0.717, 1.165) is 25.9 Å². The highest BCUT2D eigenvalue weighted by atomic mass is 16.2. The molecule has 0 spiro atoms. The van der Waals surface area contributed by atoms with Gasteiger partial charge in [0.1, 0.15) is 6.04 Å². The van der Waals surface area contributed by atoms with Crippen molar-refractivity contribution < 1.29 is 9.59 Å². The van der Waals surface area contributed by atoms with Crippen molar-refractivity contribution in [2.24, 2.45) is 11.7 Å². The van der Waals surface area contributed by atoms with E-state index < -0.39 is 12.1 Å². The first-order valence-electron chi connectivity index (χ1n) is 6.61. The zero-order valence-corrected chi connectivity index (χ0v) is 11.2. The summed E-state index contributed by atoms with van der Waals surface area (Å²) in [7, 11) is 0. The molecule has 0 aromatic carbocycles. The maximum atomic E-state index is 12.1. The molecule has 1 rings (SSSR count). The third-order valence-corrected chi connectivity index (χ3v) is 3.37. The molecule has 18 heavy (non-hydrogen) atoms. The standard InChI is InChI=1S/C12H24N4O2/c1-3-4-9(16-12(13)18)11(17)15-10-7-14-6-5-8(10)2/h8-10,14H,3-7H2,1-2H3,(H,15,17)(H3,13,16,18)/t8?,9-,10?/m1/s1. The van der Waals surface area contributed by atoms with E-state index in [0.29, 0.717) is 12.3 Å². The van der Waals surface area contributed by atoms with Gasteiger partial charge < -0.3 is 21.7 Å². The van der Waals surface area contributed by atoms with Crippen LogP contribution < -0.4 is 21.7 Å². The average molecular weight is 256 g/mol. The predicted octanol–water partition coefficient (Wildman–Crippen LogP) is -0.0624. The Bertz CT molecular complexity index is 296. The monoisotopic (exact) mass is 256 g/mol. The lowest BCUT2D eigenvalue weighted by molar-refractivity contribution is -0.124. The molecule has 2 unspecified atom stereocenters. The largest absolute Gasteiger partial charge is 0.352 e. The first-order valence-corrected chi connectivity index (χ1v) is 6.61. The van der Waals surface area contributed by atoms with E-state index in [4.69, 9.17) is 5.73 Å². The molecule has 104 valence electrons. The SMILES string of the molecule is CCC[C@@H](NC(N)=O)C(=O)NC1CNCCC1C. The normalized spacial score (nSPS) is 25.2. The minimum atomic E-state index is -0.654. The molecule has 3 amide bonds. The van der Waals surface area contributed by atoms with Crippen molar-refractivity contribution in [3.05, 3.63) is 0 Å². The molecule has 6 nitrogen and oxygen atoms in total. The van der Waals surface area contributed by atoms with Crippen LogP contribution in [-0.4, -0.2) is 37.1 Å². The Hall–Kier alpha value is -1.30. The van der Waals surface area contributed by atoms with Crippen LogP contribution in [0.15, 0.2) is 0 Å². The number of carbonyl (C=O) groups excluding carboxylic acids is 2. The lowest BCUT2D eigenvalue weighted by Gasteiger charge is -2.31. The summed E-state index contributed by atoms with van der Waals surface area (Å²) in [5.41, 5.74) is 5.08. The number of piperidine rings is 1. The number of primary amides is 1. The zero-order chi connectivity index (χ0) is 13.5. The van der Waals surface area contributed by atoms with E-state index in [1.165, 1.54) is 0 Å². The second-order valence-electron chi connectivity index (χ2n) is 4.94. The van der Waals surface area contributed by atoms with E-state index in [2.05, 4.69) is 22.9 Å². The molecule has 1 aliphatic rings. The molecule has 1 heterocycles. The summed E-state index contributed by atoms with van der Waals surface area (Å²) in [6, 6.07) is -1.06. The van der Waals surface area contributed by atoms with Gasteiger partial charge >= 0.3 is 6.03 Å². The number of hydrogen-bond acceptors (Lipinski definition) is 3. The van der Waals surface area contributed by atoms with Gasteiger partial charge in [0.05, 0.1) is 0 Å². The van der Waals surface area contributed by atoms with Crippen LogP contribution in [0.2, 0.25) is 0 Å². The number of nitrogens with two attached hydrogens (primary N) is 1. The topological polar surface area (TPSA) is 96.2 Å². The third-order valence-electron chi connectivity index (χ3n) is 3.37. The summed E-state index contributed by atoms with van der Waals surface area (Å²) in [6.07, 6.45) is 2.47. The molecule has 1 saturated heterocycles. The summed E-state index contributed by atoms with van der Waals surface area (Å²) in [5, 5.41) is 8.73. The minimum absolute atomic E-state index is 0.125. The van der Waals surface area contributed by atoms with Crippen molar-refractivity contribution in [3.63, 3.8) is 0 Å². The average Bonchev–Trinajstić information content (AvgIpc) is 2.31. The van der Waals surface area contributed by atoms with Gasteiger partial charge in [-0.1, -0.05) is 20.3 Å². The van der Waals surface area contributed by atoms with Gasteiger partial charge in [0.15, 0.2) is 0 Å². The number of urea groups is 1. The summed E-state index contributed by atoms with van der Waals surface area (Å²) in [4.78, 5) is 22.9. The molecule has 0 saturated carbocycles. The fraction of sp³-hybridized carbons (Fsp3) is 0.833. The van der Waals surface area contributed by atoms with Gasteiger partial charge in [-0.15, -0.1) is 0 Å². The van der Waals surface area contributed by atoms with Gasteiger partial charge in [-0.25, -0.2) is 4.79 Å². The third kappa shape index (κ3) is 4.52. The van der Waals surface area contributed by atoms with Crippen molar-refractivity contribution in [1.29, 1.82) is 0 Å². The molecule has 6 heteroatoms. The molecule has 0 radical (unpaired) electrons. The van der Waals surface area contributed by atoms with Crippen molar-refractivity contribution in [1.82, 2.24) is 16.0 Å². The smallest absolute Gasteiger partial charge is 0.312 e. The molecular formula is C12H24N4O2. The number of nitrogens with one attached hydrogen (secondary N) is 3. The maximum Gasteiger partial charge on any atom is 0.312 e. The Morgan fingerprint density at radius 1 is 1.50 bits per heavy atom. The number of hydrogen-bond donors (Lipinski definition) is 4. The fourth-order valence-electron chi connectivity index (χ4n) is 2.20. The Morgan fingerprint density at radius 2 is 2.22 bits per heavy atom. The highest BCUT2D eigenvalue weighted by Gasteiger charge is 2.26.